The Morgan fingerprint density at radius 3 is 2.59 bits per heavy atom. The van der Waals surface area contributed by atoms with Crippen LogP contribution in [0, 0.1) is 0 Å². The molecule has 0 saturated heterocycles. The van der Waals surface area contributed by atoms with Gasteiger partial charge in [-0.3, -0.25) is 0 Å². The first-order chi connectivity index (χ1) is 8.00. The van der Waals surface area contributed by atoms with Gasteiger partial charge in [-0.05, 0) is 75.4 Å². The average molecular weight is 319 g/mol. The molecular formula is C13H23BrN2S. The molecule has 1 heterocycles. The molecule has 0 aliphatic carbocycles. The van der Waals surface area contributed by atoms with Crippen molar-refractivity contribution in [2.45, 2.75) is 39.3 Å². The molecule has 1 atom stereocenters. The summed E-state index contributed by atoms with van der Waals surface area (Å²) in [6, 6.07) is 5.40. The van der Waals surface area contributed by atoms with E-state index in [1.165, 1.54) is 15.1 Å². The second-order valence-electron chi connectivity index (χ2n) is 4.75. The summed E-state index contributed by atoms with van der Waals surface area (Å²) >= 11 is 5.31. The Bertz CT molecular complexity index is 325. The standard InChI is InChI=1S/C13H23BrN2S/c1-10(2)16(4)9-5-8-15-11(3)12-6-7-13(14)17-12/h6-7,10-11,15H,5,8-9H2,1-4H3. The van der Waals surface area contributed by atoms with Crippen LogP contribution in [0.5, 0.6) is 0 Å². The molecule has 0 fully saturated rings. The van der Waals surface area contributed by atoms with Crippen LogP contribution in [0.2, 0.25) is 0 Å². The van der Waals surface area contributed by atoms with Crippen LogP contribution in [0.25, 0.3) is 0 Å². The van der Waals surface area contributed by atoms with Gasteiger partial charge in [-0.15, -0.1) is 11.3 Å². The van der Waals surface area contributed by atoms with E-state index >= 15 is 0 Å². The summed E-state index contributed by atoms with van der Waals surface area (Å²) < 4.78 is 1.21. The van der Waals surface area contributed by atoms with Crippen molar-refractivity contribution in [1.29, 1.82) is 0 Å². The predicted molar refractivity (Wildman–Crippen MR) is 80.8 cm³/mol. The fraction of sp³-hybridized carbons (Fsp3) is 0.692. The third kappa shape index (κ3) is 5.51. The maximum atomic E-state index is 3.57. The van der Waals surface area contributed by atoms with Crippen molar-refractivity contribution >= 4 is 27.3 Å². The second kappa shape index (κ2) is 7.52. The van der Waals surface area contributed by atoms with Crippen molar-refractivity contribution in [1.82, 2.24) is 10.2 Å². The minimum atomic E-state index is 0.454. The molecule has 0 aliphatic rings. The minimum Gasteiger partial charge on any atom is -0.309 e. The molecule has 0 aliphatic heterocycles. The maximum Gasteiger partial charge on any atom is 0.0701 e. The lowest BCUT2D eigenvalue weighted by Gasteiger charge is -2.21. The van der Waals surface area contributed by atoms with Crippen LogP contribution in [-0.2, 0) is 0 Å². The molecule has 17 heavy (non-hydrogen) atoms. The molecule has 98 valence electrons. The Morgan fingerprint density at radius 2 is 2.06 bits per heavy atom. The van der Waals surface area contributed by atoms with Crippen LogP contribution in [0.15, 0.2) is 15.9 Å². The maximum absolute atomic E-state index is 3.57. The molecule has 1 unspecified atom stereocenters. The fourth-order valence-electron chi connectivity index (χ4n) is 1.57. The van der Waals surface area contributed by atoms with E-state index in [1.54, 1.807) is 0 Å². The van der Waals surface area contributed by atoms with Crippen LogP contribution in [0.1, 0.15) is 38.1 Å². The van der Waals surface area contributed by atoms with Gasteiger partial charge in [-0.1, -0.05) is 0 Å². The Morgan fingerprint density at radius 1 is 1.35 bits per heavy atom. The first-order valence-corrected chi connectivity index (χ1v) is 7.80. The zero-order valence-electron chi connectivity index (χ0n) is 11.2. The molecule has 1 N–H and O–H groups in total. The molecule has 1 rings (SSSR count). The molecule has 0 spiro atoms. The number of hydrogen-bond acceptors (Lipinski definition) is 3. The van der Waals surface area contributed by atoms with Gasteiger partial charge in [-0.2, -0.15) is 0 Å². The molecule has 0 bridgehead atoms. The SMILES string of the molecule is CC(NCCCN(C)C(C)C)c1ccc(Br)s1. The van der Waals surface area contributed by atoms with E-state index in [2.05, 4.69) is 66.1 Å². The molecule has 0 aromatic carbocycles. The Hall–Kier alpha value is 0.1000. The van der Waals surface area contributed by atoms with Crippen LogP contribution in [0.4, 0.5) is 0 Å². The second-order valence-corrected chi connectivity index (χ2v) is 7.24. The van der Waals surface area contributed by atoms with E-state index in [1.807, 2.05) is 11.3 Å². The lowest BCUT2D eigenvalue weighted by Crippen LogP contribution is -2.30. The number of nitrogens with zero attached hydrogens (tertiary/aromatic N) is 1. The van der Waals surface area contributed by atoms with Crippen molar-refractivity contribution in [2.24, 2.45) is 0 Å². The van der Waals surface area contributed by atoms with Crippen molar-refractivity contribution in [2.75, 3.05) is 20.1 Å². The van der Waals surface area contributed by atoms with Gasteiger partial charge in [-0.25, -0.2) is 0 Å². The molecule has 4 heteroatoms. The number of rotatable bonds is 7. The van der Waals surface area contributed by atoms with Gasteiger partial charge in [0.05, 0.1) is 3.79 Å². The van der Waals surface area contributed by atoms with E-state index in [9.17, 15) is 0 Å². The van der Waals surface area contributed by atoms with Gasteiger partial charge >= 0.3 is 0 Å². The summed E-state index contributed by atoms with van der Waals surface area (Å²) in [4.78, 5) is 3.78. The summed E-state index contributed by atoms with van der Waals surface area (Å²) in [6.07, 6.45) is 1.20. The summed E-state index contributed by atoms with van der Waals surface area (Å²) in [5, 5.41) is 3.57. The fourth-order valence-corrected chi connectivity index (χ4v) is 3.02. The summed E-state index contributed by atoms with van der Waals surface area (Å²) in [5.74, 6) is 0. The zero-order valence-corrected chi connectivity index (χ0v) is 13.6. The van der Waals surface area contributed by atoms with Crippen molar-refractivity contribution in [3.05, 3.63) is 20.8 Å². The van der Waals surface area contributed by atoms with Gasteiger partial charge in [0.15, 0.2) is 0 Å². The minimum absolute atomic E-state index is 0.454. The third-order valence-electron chi connectivity index (χ3n) is 3.04. The van der Waals surface area contributed by atoms with Crippen LogP contribution in [0.3, 0.4) is 0 Å². The average Bonchev–Trinajstić information content (AvgIpc) is 2.70. The highest BCUT2D eigenvalue weighted by Crippen LogP contribution is 2.26. The number of halogens is 1. The lowest BCUT2D eigenvalue weighted by molar-refractivity contribution is 0.268. The van der Waals surface area contributed by atoms with E-state index in [-0.39, 0.29) is 0 Å². The highest BCUT2D eigenvalue weighted by atomic mass is 79.9. The van der Waals surface area contributed by atoms with E-state index in [0.717, 1.165) is 13.1 Å². The van der Waals surface area contributed by atoms with Gasteiger partial charge in [0.1, 0.15) is 0 Å². The quantitative estimate of drug-likeness (QED) is 0.767. The highest BCUT2D eigenvalue weighted by molar-refractivity contribution is 9.11. The molecule has 1 aromatic rings. The van der Waals surface area contributed by atoms with Gasteiger partial charge in [0.25, 0.3) is 0 Å². The van der Waals surface area contributed by atoms with Crippen molar-refractivity contribution < 1.29 is 0 Å². The summed E-state index contributed by atoms with van der Waals surface area (Å²) in [7, 11) is 2.18. The Labute approximate surface area is 118 Å². The van der Waals surface area contributed by atoms with Gasteiger partial charge < -0.3 is 10.2 Å². The van der Waals surface area contributed by atoms with Crippen LogP contribution in [-0.4, -0.2) is 31.1 Å². The molecular weight excluding hydrogens is 296 g/mol. The van der Waals surface area contributed by atoms with Crippen molar-refractivity contribution in [3.63, 3.8) is 0 Å². The van der Waals surface area contributed by atoms with Crippen LogP contribution < -0.4 is 5.32 Å². The Kier molecular flexibility index (Phi) is 6.70. The lowest BCUT2D eigenvalue weighted by atomic mass is 10.2. The first-order valence-electron chi connectivity index (χ1n) is 6.19. The summed E-state index contributed by atoms with van der Waals surface area (Å²) in [5.41, 5.74) is 0. The number of thiophene rings is 1. The van der Waals surface area contributed by atoms with Gasteiger partial charge in [0, 0.05) is 17.0 Å². The van der Waals surface area contributed by atoms with Gasteiger partial charge in [0.2, 0.25) is 0 Å². The zero-order chi connectivity index (χ0) is 12.8. The molecule has 0 saturated carbocycles. The van der Waals surface area contributed by atoms with E-state index in [4.69, 9.17) is 0 Å². The highest BCUT2D eigenvalue weighted by Gasteiger charge is 2.07. The Balaban J connectivity index is 2.19. The number of hydrogen-bond donors (Lipinski definition) is 1. The number of nitrogens with one attached hydrogen (secondary N) is 1. The third-order valence-corrected chi connectivity index (χ3v) is 4.85. The largest absolute Gasteiger partial charge is 0.309 e. The molecule has 2 nitrogen and oxygen atoms in total. The van der Waals surface area contributed by atoms with Crippen LogP contribution >= 0.6 is 27.3 Å². The predicted octanol–water partition coefficient (Wildman–Crippen LogP) is 3.89. The van der Waals surface area contributed by atoms with Crippen molar-refractivity contribution in [3.8, 4) is 0 Å². The molecule has 0 amide bonds. The normalized spacial score (nSPS) is 13.6. The summed E-state index contributed by atoms with van der Waals surface area (Å²) in [6.45, 7) is 8.93. The monoisotopic (exact) mass is 318 g/mol. The first kappa shape index (κ1) is 15.2. The van der Waals surface area contributed by atoms with E-state index < -0.39 is 0 Å². The smallest absolute Gasteiger partial charge is 0.0701 e. The topological polar surface area (TPSA) is 15.3 Å². The molecule has 1 aromatic heterocycles. The van der Waals surface area contributed by atoms with E-state index in [0.29, 0.717) is 12.1 Å². The molecule has 0 radical (unpaired) electrons.